The van der Waals surface area contributed by atoms with Crippen molar-refractivity contribution < 1.29 is 32.5 Å². The maximum Gasteiger partial charge on any atom is 0.264 e. The molecule has 10 nitrogen and oxygen atoms in total. The maximum absolute atomic E-state index is 13.8. The number of aromatic hydroxyl groups is 1. The van der Waals surface area contributed by atoms with Gasteiger partial charge in [0.15, 0.2) is 11.5 Å². The van der Waals surface area contributed by atoms with Gasteiger partial charge in [-0.15, -0.1) is 0 Å². The van der Waals surface area contributed by atoms with Crippen molar-refractivity contribution in [3.05, 3.63) is 84.4 Å². The van der Waals surface area contributed by atoms with Gasteiger partial charge >= 0.3 is 0 Å². The lowest BCUT2D eigenvalue weighted by Crippen LogP contribution is -2.39. The van der Waals surface area contributed by atoms with Crippen LogP contribution in [0, 0.1) is 0 Å². The minimum atomic E-state index is -4.24. The molecular formula is C29H29N3O7S. The summed E-state index contributed by atoms with van der Waals surface area (Å²) in [6.07, 6.45) is 1.32. The topological polar surface area (TPSA) is 127 Å². The lowest BCUT2D eigenvalue weighted by molar-refractivity contribution is -0.119. The van der Waals surface area contributed by atoms with Crippen molar-refractivity contribution in [2.24, 2.45) is 5.10 Å². The number of rotatable bonds is 11. The lowest BCUT2D eigenvalue weighted by Gasteiger charge is -2.24. The molecule has 2 N–H and O–H groups in total. The van der Waals surface area contributed by atoms with Crippen LogP contribution in [0.15, 0.2) is 88.9 Å². The highest BCUT2D eigenvalue weighted by atomic mass is 32.2. The first-order valence-electron chi connectivity index (χ1n) is 12.3. The number of nitrogens with zero attached hydrogens (tertiary/aromatic N) is 2. The fourth-order valence-electron chi connectivity index (χ4n) is 4.05. The second-order valence-corrected chi connectivity index (χ2v) is 10.3. The molecule has 0 radical (unpaired) electrons. The zero-order valence-electron chi connectivity index (χ0n) is 22.2. The van der Waals surface area contributed by atoms with Gasteiger partial charge in [0.25, 0.3) is 15.9 Å². The van der Waals surface area contributed by atoms with Crippen molar-refractivity contribution in [2.75, 3.05) is 31.7 Å². The number of carbonyl (C=O) groups excluding carboxylic acids is 1. The van der Waals surface area contributed by atoms with Gasteiger partial charge in [-0.2, -0.15) is 5.10 Å². The summed E-state index contributed by atoms with van der Waals surface area (Å²) >= 11 is 0. The molecule has 0 spiro atoms. The van der Waals surface area contributed by atoms with E-state index in [2.05, 4.69) is 10.5 Å². The van der Waals surface area contributed by atoms with E-state index in [0.29, 0.717) is 23.7 Å². The molecule has 1 amide bonds. The van der Waals surface area contributed by atoms with E-state index >= 15 is 0 Å². The standard InChI is InChI=1S/C29H29N3O7S/c1-4-39-22-12-10-21(11-13-22)32(40(35,36)23-14-16-27(37-2)28(17-23)38-3)19-29(34)31-30-18-25-24-8-6-5-7-20(24)9-15-26(25)33/h5-18,33H,4,19H2,1-3H3,(H,31,34)/b30-18-. The summed E-state index contributed by atoms with van der Waals surface area (Å²) in [5.41, 5.74) is 3.02. The molecule has 4 aromatic carbocycles. The molecule has 0 aliphatic heterocycles. The molecule has 208 valence electrons. The molecule has 0 bridgehead atoms. The summed E-state index contributed by atoms with van der Waals surface area (Å²) in [7, 11) is -1.39. The molecule has 4 rings (SSSR count). The second-order valence-electron chi connectivity index (χ2n) is 8.47. The number of carbonyl (C=O) groups is 1. The number of phenols is 1. The van der Waals surface area contributed by atoms with E-state index in [1.807, 2.05) is 31.2 Å². The minimum Gasteiger partial charge on any atom is -0.507 e. The van der Waals surface area contributed by atoms with E-state index in [4.69, 9.17) is 14.2 Å². The number of ether oxygens (including phenoxy) is 3. The minimum absolute atomic E-state index is 0.0104. The molecule has 0 atom stereocenters. The first-order valence-corrected chi connectivity index (χ1v) is 13.7. The fourth-order valence-corrected chi connectivity index (χ4v) is 5.49. The first kappa shape index (κ1) is 28.2. The average Bonchev–Trinajstić information content (AvgIpc) is 2.97. The number of benzene rings is 4. The number of sulfonamides is 1. The van der Waals surface area contributed by atoms with Crippen molar-refractivity contribution in [2.45, 2.75) is 11.8 Å². The van der Waals surface area contributed by atoms with Crippen LogP contribution >= 0.6 is 0 Å². The van der Waals surface area contributed by atoms with Crippen molar-refractivity contribution in [3.63, 3.8) is 0 Å². The van der Waals surface area contributed by atoms with Gasteiger partial charge < -0.3 is 19.3 Å². The second kappa shape index (κ2) is 12.4. The Balaban J connectivity index is 1.63. The van der Waals surface area contributed by atoms with Crippen LogP contribution in [0.3, 0.4) is 0 Å². The number of hydrogen-bond donors (Lipinski definition) is 2. The number of methoxy groups -OCH3 is 2. The number of amides is 1. The molecule has 0 aliphatic carbocycles. The smallest absolute Gasteiger partial charge is 0.264 e. The monoisotopic (exact) mass is 563 g/mol. The Labute approximate surface area is 232 Å². The zero-order chi connectivity index (χ0) is 28.7. The molecule has 0 saturated heterocycles. The molecule has 40 heavy (non-hydrogen) atoms. The lowest BCUT2D eigenvalue weighted by atomic mass is 10.0. The van der Waals surface area contributed by atoms with Crippen molar-refractivity contribution >= 4 is 38.6 Å². The normalized spacial score (nSPS) is 11.4. The molecule has 4 aromatic rings. The number of phenolic OH excluding ortho intramolecular Hbond substituents is 1. The van der Waals surface area contributed by atoms with Crippen molar-refractivity contribution in [3.8, 4) is 23.0 Å². The van der Waals surface area contributed by atoms with Gasteiger partial charge in [0.2, 0.25) is 0 Å². The van der Waals surface area contributed by atoms with E-state index in [0.717, 1.165) is 15.1 Å². The predicted molar refractivity (Wildman–Crippen MR) is 153 cm³/mol. The summed E-state index contributed by atoms with van der Waals surface area (Å²) in [6.45, 7) is 1.70. The van der Waals surface area contributed by atoms with Crippen LogP contribution in [0.25, 0.3) is 10.8 Å². The van der Waals surface area contributed by atoms with Crippen LogP contribution in [-0.4, -0.2) is 53.0 Å². The Morgan fingerprint density at radius 1 is 0.975 bits per heavy atom. The van der Waals surface area contributed by atoms with Crippen LogP contribution in [0.5, 0.6) is 23.0 Å². The van der Waals surface area contributed by atoms with E-state index in [-0.39, 0.29) is 22.1 Å². The summed E-state index contributed by atoms with van der Waals surface area (Å²) < 4.78 is 44.5. The van der Waals surface area contributed by atoms with E-state index in [1.54, 1.807) is 30.3 Å². The molecule has 0 fully saturated rings. The number of anilines is 1. The Hall–Kier alpha value is -4.77. The highest BCUT2D eigenvalue weighted by Gasteiger charge is 2.28. The Morgan fingerprint density at radius 2 is 1.70 bits per heavy atom. The molecule has 0 unspecified atom stereocenters. The largest absolute Gasteiger partial charge is 0.507 e. The van der Waals surface area contributed by atoms with Crippen molar-refractivity contribution in [1.82, 2.24) is 5.43 Å². The molecule has 0 saturated carbocycles. The summed E-state index contributed by atoms with van der Waals surface area (Å²) in [4.78, 5) is 12.9. The Bertz CT molecular complexity index is 1640. The molecule has 0 heterocycles. The van der Waals surface area contributed by atoms with Crippen LogP contribution in [0.2, 0.25) is 0 Å². The first-order chi connectivity index (χ1) is 19.3. The SMILES string of the molecule is CCOc1ccc(N(CC(=O)N/N=C\c2c(O)ccc3ccccc23)S(=O)(=O)c2ccc(OC)c(OC)c2)cc1. The molecular weight excluding hydrogens is 534 g/mol. The fraction of sp³-hybridized carbons (Fsp3) is 0.172. The number of hydrogen-bond acceptors (Lipinski definition) is 8. The van der Waals surface area contributed by atoms with Gasteiger partial charge in [0.1, 0.15) is 18.0 Å². The predicted octanol–water partition coefficient (Wildman–Crippen LogP) is 4.31. The third-order valence-corrected chi connectivity index (χ3v) is 7.77. The van der Waals surface area contributed by atoms with Gasteiger partial charge in [-0.05, 0) is 60.2 Å². The van der Waals surface area contributed by atoms with Gasteiger partial charge in [-0.1, -0.05) is 30.3 Å². The third-order valence-electron chi connectivity index (χ3n) is 6.00. The third kappa shape index (κ3) is 6.10. The zero-order valence-corrected chi connectivity index (χ0v) is 23.0. The highest BCUT2D eigenvalue weighted by Crippen LogP contribution is 2.32. The van der Waals surface area contributed by atoms with Gasteiger partial charge in [0, 0.05) is 11.6 Å². The quantitative estimate of drug-likeness (QED) is 0.206. The van der Waals surface area contributed by atoms with E-state index in [1.165, 1.54) is 44.7 Å². The van der Waals surface area contributed by atoms with Crippen molar-refractivity contribution in [1.29, 1.82) is 0 Å². The van der Waals surface area contributed by atoms with Crippen LogP contribution < -0.4 is 23.9 Å². The summed E-state index contributed by atoms with van der Waals surface area (Å²) in [5, 5.41) is 15.9. The van der Waals surface area contributed by atoms with Crippen LogP contribution in [0.1, 0.15) is 12.5 Å². The number of fused-ring (bicyclic) bond motifs is 1. The van der Waals surface area contributed by atoms with E-state index < -0.39 is 22.5 Å². The number of nitrogens with one attached hydrogen (secondary N) is 1. The Morgan fingerprint density at radius 3 is 2.40 bits per heavy atom. The number of hydrazone groups is 1. The summed E-state index contributed by atoms with van der Waals surface area (Å²) in [5.74, 6) is 0.424. The highest BCUT2D eigenvalue weighted by molar-refractivity contribution is 7.92. The van der Waals surface area contributed by atoms with Gasteiger partial charge in [-0.3, -0.25) is 9.10 Å². The Kier molecular flexibility index (Phi) is 8.75. The maximum atomic E-state index is 13.8. The average molecular weight is 564 g/mol. The van der Waals surface area contributed by atoms with E-state index in [9.17, 15) is 18.3 Å². The molecule has 0 aliphatic rings. The van der Waals surface area contributed by atoms with Crippen LogP contribution in [0.4, 0.5) is 5.69 Å². The van der Waals surface area contributed by atoms with Gasteiger partial charge in [0.05, 0.1) is 37.6 Å². The summed E-state index contributed by atoms with van der Waals surface area (Å²) in [6, 6.07) is 21.2. The van der Waals surface area contributed by atoms with Gasteiger partial charge in [-0.25, -0.2) is 13.8 Å². The van der Waals surface area contributed by atoms with Crippen LogP contribution in [-0.2, 0) is 14.8 Å². The molecule has 0 aromatic heterocycles. The molecule has 11 heteroatoms.